The molecule has 0 saturated carbocycles. The van der Waals surface area contributed by atoms with Crippen LogP contribution in [0.3, 0.4) is 0 Å². The second-order valence-electron chi connectivity index (χ2n) is 4.37. The summed E-state index contributed by atoms with van der Waals surface area (Å²) < 4.78 is 4.38. The molecule has 0 unspecified atom stereocenters. The largest absolute Gasteiger partial charge is 0.287 e. The summed E-state index contributed by atoms with van der Waals surface area (Å²) in [5.41, 5.74) is 1.28. The number of fused-ring (bicyclic) bond motifs is 1. The van der Waals surface area contributed by atoms with Crippen LogP contribution in [0.25, 0.3) is 10.1 Å². The summed E-state index contributed by atoms with van der Waals surface area (Å²) in [6.45, 7) is 0.916. The van der Waals surface area contributed by atoms with Crippen LogP contribution in [-0.4, -0.2) is 3.96 Å². The second kappa shape index (κ2) is 5.45. The first-order valence-electron chi connectivity index (χ1n) is 6.07. The van der Waals surface area contributed by atoms with Crippen LogP contribution < -0.4 is 0 Å². The highest BCUT2D eigenvalue weighted by Crippen LogP contribution is 2.23. The third kappa shape index (κ3) is 2.73. The average Bonchev–Trinajstić information content (AvgIpc) is 2.76. The number of benzene rings is 2. The van der Waals surface area contributed by atoms with Crippen LogP contribution in [0.1, 0.15) is 5.56 Å². The van der Waals surface area contributed by atoms with E-state index in [1.165, 1.54) is 15.6 Å². The maximum atomic E-state index is 5.89. The van der Waals surface area contributed by atoms with E-state index in [2.05, 4.69) is 34.3 Å². The van der Waals surface area contributed by atoms with E-state index in [0.29, 0.717) is 0 Å². The summed E-state index contributed by atoms with van der Waals surface area (Å²) >= 11 is 13.1. The Morgan fingerprint density at radius 3 is 2.53 bits per heavy atom. The lowest BCUT2D eigenvalue weighted by molar-refractivity contribution is 0.748. The van der Waals surface area contributed by atoms with E-state index >= 15 is 0 Å². The highest BCUT2D eigenvalue weighted by Gasteiger charge is 2.03. The van der Waals surface area contributed by atoms with Gasteiger partial charge in [0, 0.05) is 17.0 Å². The Labute approximate surface area is 126 Å². The van der Waals surface area contributed by atoms with Crippen molar-refractivity contribution in [1.82, 2.24) is 3.96 Å². The number of nitrogens with zero attached hydrogens (tertiary/aromatic N) is 1. The van der Waals surface area contributed by atoms with Crippen molar-refractivity contribution in [2.24, 2.45) is 0 Å². The fourth-order valence-electron chi connectivity index (χ4n) is 2.05. The molecule has 2 aromatic carbocycles. The van der Waals surface area contributed by atoms with Crippen LogP contribution in [0.5, 0.6) is 0 Å². The predicted molar refractivity (Wildman–Crippen MR) is 85.8 cm³/mol. The van der Waals surface area contributed by atoms with Crippen molar-refractivity contribution >= 4 is 45.4 Å². The zero-order chi connectivity index (χ0) is 13.2. The van der Waals surface area contributed by atoms with Crippen LogP contribution in [0.4, 0.5) is 0 Å². The van der Waals surface area contributed by atoms with Gasteiger partial charge in [0.2, 0.25) is 0 Å². The first-order chi connectivity index (χ1) is 9.24. The molecule has 0 radical (unpaired) electrons. The molecule has 0 aliphatic carbocycles. The Hall–Kier alpha value is -1.16. The summed E-state index contributed by atoms with van der Waals surface area (Å²) in [6.07, 6.45) is 0.971. The molecule has 0 aliphatic heterocycles. The minimum Gasteiger partial charge on any atom is -0.287 e. The monoisotopic (exact) mass is 305 g/mol. The smallest absolute Gasteiger partial charge is 0.123 e. The zero-order valence-corrected chi connectivity index (χ0v) is 12.6. The molecule has 1 heterocycles. The lowest BCUT2D eigenvalue weighted by atomic mass is 10.1. The van der Waals surface area contributed by atoms with Gasteiger partial charge in [0.1, 0.15) is 4.64 Å². The fraction of sp³-hybridized carbons (Fsp3) is 0.133. The molecule has 1 aromatic heterocycles. The standard InChI is InChI=1S/C15H12ClNS2/c16-12-7-5-11(6-8-12)9-10-17-15(18)13-3-1-2-4-14(13)19-17/h1-8H,9-10H2. The summed E-state index contributed by atoms with van der Waals surface area (Å²) in [5.74, 6) is 0. The van der Waals surface area contributed by atoms with E-state index < -0.39 is 0 Å². The lowest BCUT2D eigenvalue weighted by Gasteiger charge is -2.02. The Morgan fingerprint density at radius 1 is 1.05 bits per heavy atom. The van der Waals surface area contributed by atoms with E-state index in [4.69, 9.17) is 23.8 Å². The average molecular weight is 306 g/mol. The molecule has 3 rings (SSSR count). The minimum absolute atomic E-state index is 0.780. The number of hydrogen-bond acceptors (Lipinski definition) is 2. The van der Waals surface area contributed by atoms with Gasteiger partial charge < -0.3 is 0 Å². The van der Waals surface area contributed by atoms with Gasteiger partial charge in [-0.2, -0.15) is 0 Å². The molecule has 0 atom stereocenters. The number of aryl methyl sites for hydroxylation is 2. The Kier molecular flexibility index (Phi) is 3.69. The number of aromatic nitrogens is 1. The van der Waals surface area contributed by atoms with E-state index in [-0.39, 0.29) is 0 Å². The van der Waals surface area contributed by atoms with Crippen molar-refractivity contribution in [3.05, 3.63) is 63.8 Å². The van der Waals surface area contributed by atoms with E-state index in [0.717, 1.165) is 22.6 Å². The quantitative estimate of drug-likeness (QED) is 0.592. The molecule has 0 saturated heterocycles. The van der Waals surface area contributed by atoms with Gasteiger partial charge >= 0.3 is 0 Å². The van der Waals surface area contributed by atoms with Gasteiger partial charge in [0.15, 0.2) is 0 Å². The Morgan fingerprint density at radius 2 is 1.79 bits per heavy atom. The van der Waals surface area contributed by atoms with Crippen molar-refractivity contribution in [1.29, 1.82) is 0 Å². The highest BCUT2D eigenvalue weighted by atomic mass is 35.5. The van der Waals surface area contributed by atoms with E-state index in [1.807, 2.05) is 18.2 Å². The van der Waals surface area contributed by atoms with Crippen molar-refractivity contribution in [3.8, 4) is 0 Å². The molecule has 19 heavy (non-hydrogen) atoms. The number of hydrogen-bond donors (Lipinski definition) is 0. The fourth-order valence-corrected chi connectivity index (χ4v) is 3.62. The molecule has 0 bridgehead atoms. The van der Waals surface area contributed by atoms with E-state index in [9.17, 15) is 0 Å². The van der Waals surface area contributed by atoms with Crippen molar-refractivity contribution in [3.63, 3.8) is 0 Å². The second-order valence-corrected chi connectivity index (χ2v) is 6.26. The molecule has 0 spiro atoms. The topological polar surface area (TPSA) is 4.93 Å². The molecule has 0 N–H and O–H groups in total. The van der Waals surface area contributed by atoms with Gasteiger partial charge in [-0.25, -0.2) is 0 Å². The number of rotatable bonds is 3. The van der Waals surface area contributed by atoms with Gasteiger partial charge in [0.25, 0.3) is 0 Å². The molecule has 0 fully saturated rings. The van der Waals surface area contributed by atoms with Gasteiger partial charge in [-0.1, -0.05) is 65.7 Å². The first kappa shape index (κ1) is 12.9. The van der Waals surface area contributed by atoms with Gasteiger partial charge in [-0.05, 0) is 30.2 Å². The normalized spacial score (nSPS) is 11.0. The molecule has 4 heteroatoms. The van der Waals surface area contributed by atoms with Gasteiger partial charge in [-0.15, -0.1) is 0 Å². The minimum atomic E-state index is 0.780. The third-order valence-corrected chi connectivity index (χ3v) is 5.02. The highest BCUT2D eigenvalue weighted by molar-refractivity contribution is 7.71. The molecule has 1 nitrogen and oxygen atoms in total. The number of halogens is 1. The Bertz CT molecular complexity index is 756. The molecular formula is C15H12ClNS2. The van der Waals surface area contributed by atoms with Crippen LogP contribution in [-0.2, 0) is 13.0 Å². The molecule has 0 amide bonds. The molecule has 3 aromatic rings. The first-order valence-corrected chi connectivity index (χ1v) is 7.63. The van der Waals surface area contributed by atoms with Crippen molar-refractivity contribution < 1.29 is 0 Å². The SMILES string of the molecule is S=c1c2ccccc2sn1CCc1ccc(Cl)cc1. The van der Waals surface area contributed by atoms with Crippen LogP contribution in [0.2, 0.25) is 5.02 Å². The summed E-state index contributed by atoms with van der Waals surface area (Å²) in [6, 6.07) is 16.3. The van der Waals surface area contributed by atoms with Crippen LogP contribution >= 0.6 is 35.4 Å². The summed E-state index contributed by atoms with van der Waals surface area (Å²) in [4.78, 5) is 0. The zero-order valence-electron chi connectivity index (χ0n) is 10.2. The third-order valence-electron chi connectivity index (χ3n) is 3.07. The predicted octanol–water partition coefficient (Wildman–Crippen LogP) is 5.33. The Balaban J connectivity index is 1.84. The molecular weight excluding hydrogens is 294 g/mol. The maximum Gasteiger partial charge on any atom is 0.123 e. The summed E-state index contributed by atoms with van der Waals surface area (Å²) in [5, 5.41) is 1.96. The lowest BCUT2D eigenvalue weighted by Crippen LogP contribution is -1.97. The van der Waals surface area contributed by atoms with Crippen molar-refractivity contribution in [2.75, 3.05) is 0 Å². The van der Waals surface area contributed by atoms with Crippen LogP contribution in [0, 0.1) is 4.64 Å². The molecule has 96 valence electrons. The summed E-state index contributed by atoms with van der Waals surface area (Å²) in [7, 11) is 0. The maximum absolute atomic E-state index is 5.89. The van der Waals surface area contributed by atoms with Crippen molar-refractivity contribution in [2.45, 2.75) is 13.0 Å². The molecule has 0 aliphatic rings. The van der Waals surface area contributed by atoms with Crippen LogP contribution in [0.15, 0.2) is 48.5 Å². The van der Waals surface area contributed by atoms with Gasteiger partial charge in [0.05, 0.1) is 4.70 Å². The van der Waals surface area contributed by atoms with E-state index in [1.54, 1.807) is 11.5 Å². The van der Waals surface area contributed by atoms with Gasteiger partial charge in [-0.3, -0.25) is 3.96 Å².